The first-order chi connectivity index (χ1) is 9.55. The third-order valence-electron chi connectivity index (χ3n) is 2.36. The maximum atomic E-state index is 12.2. The average molecular weight is 299 g/mol. The van der Waals surface area contributed by atoms with Crippen molar-refractivity contribution in [3.05, 3.63) is 10.4 Å². The van der Waals surface area contributed by atoms with E-state index in [4.69, 9.17) is 10.3 Å². The van der Waals surface area contributed by atoms with Crippen LogP contribution in [-0.2, 0) is 9.53 Å². The Morgan fingerprint density at radius 2 is 1.86 bits per heavy atom. The molecule has 0 aliphatic heterocycles. The molecule has 0 saturated heterocycles. The lowest BCUT2D eigenvalue weighted by molar-refractivity contribution is -0.158. The standard InChI is InChI=1S/C14H29N5O2/c1-13(2,3)18-11(12(20)21-14(4,5)6)7-8-16-9-10-17-19-15/h11,16,18H,7-10H2,1-6H3/t11-/m0/s1. The maximum absolute atomic E-state index is 12.2. The summed E-state index contributed by atoms with van der Waals surface area (Å²) < 4.78 is 5.45. The summed E-state index contributed by atoms with van der Waals surface area (Å²) >= 11 is 0. The normalized spacial score (nSPS) is 13.4. The first-order valence-electron chi connectivity index (χ1n) is 7.27. The Morgan fingerprint density at radius 3 is 2.33 bits per heavy atom. The van der Waals surface area contributed by atoms with Crippen LogP contribution >= 0.6 is 0 Å². The zero-order valence-corrected chi connectivity index (χ0v) is 14.1. The van der Waals surface area contributed by atoms with Crippen molar-refractivity contribution in [2.24, 2.45) is 5.11 Å². The first-order valence-corrected chi connectivity index (χ1v) is 7.27. The summed E-state index contributed by atoms with van der Waals surface area (Å²) in [5, 5.41) is 9.87. The number of nitrogens with zero attached hydrogens (tertiary/aromatic N) is 3. The van der Waals surface area contributed by atoms with Gasteiger partial charge in [-0.1, -0.05) is 5.11 Å². The number of rotatable bonds is 8. The molecule has 0 aromatic carbocycles. The lowest BCUT2D eigenvalue weighted by Gasteiger charge is -2.30. The van der Waals surface area contributed by atoms with Gasteiger partial charge in [0, 0.05) is 23.5 Å². The van der Waals surface area contributed by atoms with Crippen LogP contribution in [0.15, 0.2) is 5.11 Å². The summed E-state index contributed by atoms with van der Waals surface area (Å²) in [4.78, 5) is 14.9. The van der Waals surface area contributed by atoms with Gasteiger partial charge in [-0.2, -0.15) is 0 Å². The van der Waals surface area contributed by atoms with E-state index in [1.807, 2.05) is 41.5 Å². The van der Waals surface area contributed by atoms with Gasteiger partial charge in [-0.05, 0) is 60.0 Å². The molecular weight excluding hydrogens is 270 g/mol. The Labute approximate surface area is 127 Å². The molecule has 1 atom stereocenters. The zero-order chi connectivity index (χ0) is 16.5. The molecule has 0 bridgehead atoms. The molecule has 2 N–H and O–H groups in total. The summed E-state index contributed by atoms with van der Waals surface area (Å²) in [7, 11) is 0. The minimum absolute atomic E-state index is 0.174. The number of azide groups is 1. The topological polar surface area (TPSA) is 99.1 Å². The Bertz CT molecular complexity index is 365. The highest BCUT2D eigenvalue weighted by molar-refractivity contribution is 5.76. The second-order valence-corrected chi connectivity index (χ2v) is 6.97. The van der Waals surface area contributed by atoms with Gasteiger partial charge in [0.15, 0.2) is 0 Å². The van der Waals surface area contributed by atoms with Crippen LogP contribution in [0, 0.1) is 0 Å². The summed E-state index contributed by atoms with van der Waals surface area (Å²) in [5.74, 6) is -0.241. The maximum Gasteiger partial charge on any atom is 0.323 e. The van der Waals surface area contributed by atoms with E-state index >= 15 is 0 Å². The molecule has 0 aliphatic rings. The van der Waals surface area contributed by atoms with Crippen LogP contribution in [0.5, 0.6) is 0 Å². The number of carbonyl (C=O) groups is 1. The van der Waals surface area contributed by atoms with Gasteiger partial charge in [-0.25, -0.2) is 0 Å². The second-order valence-electron chi connectivity index (χ2n) is 6.97. The highest BCUT2D eigenvalue weighted by Gasteiger charge is 2.27. The Balaban J connectivity index is 4.39. The van der Waals surface area contributed by atoms with Gasteiger partial charge in [0.25, 0.3) is 0 Å². The quantitative estimate of drug-likeness (QED) is 0.236. The number of esters is 1. The molecule has 7 nitrogen and oxygen atoms in total. The highest BCUT2D eigenvalue weighted by Crippen LogP contribution is 2.12. The molecule has 0 spiro atoms. The van der Waals surface area contributed by atoms with Gasteiger partial charge in [0.2, 0.25) is 0 Å². The lowest BCUT2D eigenvalue weighted by atomic mass is 10.0. The van der Waals surface area contributed by atoms with Crippen molar-refractivity contribution in [2.75, 3.05) is 19.6 Å². The van der Waals surface area contributed by atoms with E-state index in [2.05, 4.69) is 20.7 Å². The van der Waals surface area contributed by atoms with Crippen molar-refractivity contribution in [1.82, 2.24) is 10.6 Å². The molecular formula is C14H29N5O2. The lowest BCUT2D eigenvalue weighted by Crippen LogP contribution is -2.50. The molecule has 0 aliphatic carbocycles. The molecule has 0 aromatic rings. The zero-order valence-electron chi connectivity index (χ0n) is 14.1. The minimum atomic E-state index is -0.496. The third kappa shape index (κ3) is 12.2. The molecule has 0 aromatic heterocycles. The van der Waals surface area contributed by atoms with Gasteiger partial charge in [-0.15, -0.1) is 0 Å². The molecule has 0 radical (unpaired) electrons. The van der Waals surface area contributed by atoms with E-state index in [9.17, 15) is 4.79 Å². The van der Waals surface area contributed by atoms with E-state index in [1.54, 1.807) is 0 Å². The number of ether oxygens (including phenoxy) is 1. The molecule has 122 valence electrons. The van der Waals surface area contributed by atoms with Gasteiger partial charge in [0.1, 0.15) is 11.6 Å². The van der Waals surface area contributed by atoms with Crippen LogP contribution in [0.4, 0.5) is 0 Å². The van der Waals surface area contributed by atoms with Gasteiger partial charge in [-0.3, -0.25) is 10.1 Å². The van der Waals surface area contributed by atoms with E-state index in [-0.39, 0.29) is 17.6 Å². The monoisotopic (exact) mass is 299 g/mol. The van der Waals surface area contributed by atoms with Crippen molar-refractivity contribution in [3.8, 4) is 0 Å². The second kappa shape index (κ2) is 8.87. The molecule has 0 heterocycles. The van der Waals surface area contributed by atoms with E-state index < -0.39 is 5.60 Å². The average Bonchev–Trinajstić information content (AvgIpc) is 2.28. The Hall–Kier alpha value is -1.30. The van der Waals surface area contributed by atoms with Crippen LogP contribution in [-0.4, -0.2) is 42.8 Å². The van der Waals surface area contributed by atoms with Crippen LogP contribution < -0.4 is 10.6 Å². The fraction of sp³-hybridized carbons (Fsp3) is 0.929. The molecule has 0 saturated carbocycles. The summed E-state index contributed by atoms with van der Waals surface area (Å²) in [6.07, 6.45) is 0.614. The summed E-state index contributed by atoms with van der Waals surface area (Å²) in [5.41, 5.74) is 7.51. The van der Waals surface area contributed by atoms with E-state index in [0.29, 0.717) is 26.1 Å². The minimum Gasteiger partial charge on any atom is -0.459 e. The first kappa shape index (κ1) is 19.7. The molecule has 21 heavy (non-hydrogen) atoms. The van der Waals surface area contributed by atoms with Crippen LogP contribution in [0.1, 0.15) is 48.0 Å². The SMILES string of the molecule is CC(C)(C)N[C@@H](CCNCCN=[N+]=[N-])C(=O)OC(C)(C)C. The number of hydrogen-bond donors (Lipinski definition) is 2. The third-order valence-corrected chi connectivity index (χ3v) is 2.36. The Kier molecular flexibility index (Phi) is 8.32. The number of hydrogen-bond acceptors (Lipinski definition) is 5. The summed E-state index contributed by atoms with van der Waals surface area (Å²) in [6, 6.07) is -0.365. The Morgan fingerprint density at radius 1 is 1.24 bits per heavy atom. The van der Waals surface area contributed by atoms with Gasteiger partial charge < -0.3 is 10.1 Å². The van der Waals surface area contributed by atoms with E-state index in [0.717, 1.165) is 0 Å². The number of nitrogens with one attached hydrogen (secondary N) is 2. The van der Waals surface area contributed by atoms with Crippen LogP contribution in [0.3, 0.4) is 0 Å². The van der Waals surface area contributed by atoms with Gasteiger partial charge in [0.05, 0.1) is 0 Å². The fourth-order valence-electron chi connectivity index (χ4n) is 1.69. The van der Waals surface area contributed by atoms with Crippen molar-refractivity contribution in [1.29, 1.82) is 0 Å². The molecule has 0 unspecified atom stereocenters. The van der Waals surface area contributed by atoms with Crippen LogP contribution in [0.25, 0.3) is 10.4 Å². The molecule has 7 heteroatoms. The van der Waals surface area contributed by atoms with Crippen molar-refractivity contribution >= 4 is 5.97 Å². The largest absolute Gasteiger partial charge is 0.459 e. The van der Waals surface area contributed by atoms with Crippen LogP contribution in [0.2, 0.25) is 0 Å². The predicted octanol–water partition coefficient (Wildman–Crippen LogP) is 2.37. The van der Waals surface area contributed by atoms with E-state index in [1.165, 1.54) is 0 Å². The highest BCUT2D eigenvalue weighted by atomic mass is 16.6. The fourth-order valence-corrected chi connectivity index (χ4v) is 1.69. The van der Waals surface area contributed by atoms with Crippen molar-refractivity contribution < 1.29 is 9.53 Å². The van der Waals surface area contributed by atoms with Crippen molar-refractivity contribution in [3.63, 3.8) is 0 Å². The summed E-state index contributed by atoms with van der Waals surface area (Å²) in [6.45, 7) is 13.3. The molecule has 0 amide bonds. The predicted molar refractivity (Wildman–Crippen MR) is 84.0 cm³/mol. The smallest absolute Gasteiger partial charge is 0.323 e. The van der Waals surface area contributed by atoms with Crippen molar-refractivity contribution in [2.45, 2.75) is 65.1 Å². The molecule has 0 fully saturated rings. The number of carbonyl (C=O) groups excluding carboxylic acids is 1. The molecule has 0 rings (SSSR count). The van der Waals surface area contributed by atoms with Gasteiger partial charge >= 0.3 is 5.97 Å².